The third kappa shape index (κ3) is 1.67. The van der Waals surface area contributed by atoms with Gasteiger partial charge in [-0.15, -0.1) is 0 Å². The number of hydrogen-bond donors (Lipinski definition) is 0. The van der Waals surface area contributed by atoms with Gasteiger partial charge in [-0.25, -0.2) is 4.98 Å². The molecule has 0 saturated heterocycles. The molecule has 116 valence electrons. The lowest BCUT2D eigenvalue weighted by Gasteiger charge is -2.09. The van der Waals surface area contributed by atoms with Gasteiger partial charge in [-0.1, -0.05) is 43.3 Å². The lowest BCUT2D eigenvalue weighted by Crippen LogP contribution is -2.18. The fourth-order valence-corrected chi connectivity index (χ4v) is 3.91. The Balaban J connectivity index is 1.92. The highest BCUT2D eigenvalue weighted by atomic mass is 16.1. The van der Waals surface area contributed by atoms with Crippen LogP contribution in [0.5, 0.6) is 0 Å². The lowest BCUT2D eigenvalue weighted by atomic mass is 9.98. The van der Waals surface area contributed by atoms with E-state index in [9.17, 15) is 4.79 Å². The maximum Gasteiger partial charge on any atom is 0.259 e. The van der Waals surface area contributed by atoms with E-state index in [4.69, 9.17) is 4.98 Å². The smallest absolute Gasteiger partial charge is 0.259 e. The summed E-state index contributed by atoms with van der Waals surface area (Å²) in [6.45, 7) is 2.79. The summed E-state index contributed by atoms with van der Waals surface area (Å²) in [5.41, 5.74) is 5.49. The Bertz CT molecular complexity index is 1190. The predicted molar refractivity (Wildman–Crippen MR) is 97.4 cm³/mol. The van der Waals surface area contributed by atoms with Crippen LogP contribution in [0, 0.1) is 0 Å². The number of aromatic nitrogens is 2. The molecular formula is C21H16N2O. The molecule has 0 spiro atoms. The van der Waals surface area contributed by atoms with Crippen molar-refractivity contribution in [2.45, 2.75) is 19.9 Å². The summed E-state index contributed by atoms with van der Waals surface area (Å²) >= 11 is 0. The maximum absolute atomic E-state index is 12.9. The van der Waals surface area contributed by atoms with Gasteiger partial charge >= 0.3 is 0 Å². The molecule has 0 saturated carbocycles. The van der Waals surface area contributed by atoms with Gasteiger partial charge in [0.15, 0.2) is 0 Å². The SMILES string of the molecule is CCc1c2c(nc3ccccc13)-c1cc3ccccc3c(=O)n1C2. The minimum absolute atomic E-state index is 0.0761. The second-order valence-electron chi connectivity index (χ2n) is 6.30. The number of hydrogen-bond acceptors (Lipinski definition) is 2. The first-order valence-electron chi connectivity index (χ1n) is 8.31. The first kappa shape index (κ1) is 13.5. The van der Waals surface area contributed by atoms with E-state index in [0.717, 1.165) is 34.1 Å². The van der Waals surface area contributed by atoms with Gasteiger partial charge in [0.1, 0.15) is 0 Å². The highest BCUT2D eigenvalue weighted by molar-refractivity contribution is 5.91. The standard InChI is InChI=1S/C21H16N2O/c1-2-14-16-9-5-6-10-18(16)22-20-17(14)12-23-19(20)11-13-7-3-4-8-15(13)21(23)24/h3-11H,2,12H2,1H3. The number of rotatable bonds is 1. The Hall–Kier alpha value is -2.94. The zero-order chi connectivity index (χ0) is 16.3. The highest BCUT2D eigenvalue weighted by Crippen LogP contribution is 2.36. The molecule has 2 aromatic carbocycles. The molecule has 1 aliphatic rings. The van der Waals surface area contributed by atoms with Crippen molar-refractivity contribution < 1.29 is 0 Å². The molecule has 0 fully saturated rings. The topological polar surface area (TPSA) is 34.9 Å². The Morgan fingerprint density at radius 2 is 1.79 bits per heavy atom. The molecule has 0 bridgehead atoms. The highest BCUT2D eigenvalue weighted by Gasteiger charge is 2.25. The van der Waals surface area contributed by atoms with E-state index in [1.54, 1.807) is 0 Å². The van der Waals surface area contributed by atoms with Crippen LogP contribution in [-0.2, 0) is 13.0 Å². The second kappa shape index (κ2) is 4.78. The van der Waals surface area contributed by atoms with Crippen LogP contribution in [0.25, 0.3) is 33.1 Å². The summed E-state index contributed by atoms with van der Waals surface area (Å²) in [7, 11) is 0. The minimum atomic E-state index is 0.0761. The summed E-state index contributed by atoms with van der Waals surface area (Å²) in [4.78, 5) is 17.8. The van der Waals surface area contributed by atoms with Crippen molar-refractivity contribution in [3.05, 3.63) is 76.1 Å². The third-order valence-corrected chi connectivity index (χ3v) is 5.04. The van der Waals surface area contributed by atoms with E-state index in [1.807, 2.05) is 34.9 Å². The maximum atomic E-state index is 12.9. The molecule has 2 aromatic heterocycles. The average molecular weight is 312 g/mol. The van der Waals surface area contributed by atoms with E-state index in [2.05, 4.69) is 31.2 Å². The largest absolute Gasteiger partial charge is 0.302 e. The van der Waals surface area contributed by atoms with Gasteiger partial charge in [0.2, 0.25) is 0 Å². The van der Waals surface area contributed by atoms with Gasteiger partial charge in [0.25, 0.3) is 5.56 Å². The molecule has 0 atom stereocenters. The molecule has 4 aromatic rings. The number of benzene rings is 2. The molecule has 0 radical (unpaired) electrons. The van der Waals surface area contributed by atoms with Gasteiger partial charge in [-0.3, -0.25) is 4.79 Å². The van der Waals surface area contributed by atoms with Crippen LogP contribution >= 0.6 is 0 Å². The summed E-state index contributed by atoms with van der Waals surface area (Å²) in [5.74, 6) is 0. The molecule has 24 heavy (non-hydrogen) atoms. The normalized spacial score (nSPS) is 12.5. The number of nitrogens with zero attached hydrogens (tertiary/aromatic N) is 2. The van der Waals surface area contributed by atoms with Crippen LogP contribution < -0.4 is 5.56 Å². The van der Waals surface area contributed by atoms with Gasteiger partial charge in [-0.05, 0) is 35.6 Å². The van der Waals surface area contributed by atoms with E-state index in [1.165, 1.54) is 16.5 Å². The zero-order valence-corrected chi connectivity index (χ0v) is 13.4. The van der Waals surface area contributed by atoms with Crippen LogP contribution in [0.4, 0.5) is 0 Å². The van der Waals surface area contributed by atoms with Crippen molar-refractivity contribution in [3.63, 3.8) is 0 Å². The van der Waals surface area contributed by atoms with Gasteiger partial charge in [0.05, 0.1) is 23.4 Å². The molecule has 3 heterocycles. The zero-order valence-electron chi connectivity index (χ0n) is 13.4. The Labute approximate surface area is 139 Å². The first-order valence-corrected chi connectivity index (χ1v) is 8.31. The van der Waals surface area contributed by atoms with Crippen LogP contribution in [0.1, 0.15) is 18.1 Å². The third-order valence-electron chi connectivity index (χ3n) is 5.04. The van der Waals surface area contributed by atoms with E-state index in [-0.39, 0.29) is 5.56 Å². The summed E-state index contributed by atoms with van der Waals surface area (Å²) in [6, 6.07) is 18.1. The minimum Gasteiger partial charge on any atom is -0.302 e. The summed E-state index contributed by atoms with van der Waals surface area (Å²) in [6.07, 6.45) is 0.938. The van der Waals surface area contributed by atoms with Crippen molar-refractivity contribution in [2.24, 2.45) is 0 Å². The molecule has 0 unspecified atom stereocenters. The molecule has 1 aliphatic heterocycles. The molecule has 0 aliphatic carbocycles. The number of pyridine rings is 2. The average Bonchev–Trinajstić information content (AvgIpc) is 2.98. The van der Waals surface area contributed by atoms with Crippen molar-refractivity contribution >= 4 is 21.7 Å². The summed E-state index contributed by atoms with van der Waals surface area (Å²) in [5, 5.41) is 2.95. The Morgan fingerprint density at radius 1 is 1.04 bits per heavy atom. The van der Waals surface area contributed by atoms with Crippen LogP contribution in [0.2, 0.25) is 0 Å². The fourth-order valence-electron chi connectivity index (χ4n) is 3.91. The molecule has 0 amide bonds. The van der Waals surface area contributed by atoms with Crippen molar-refractivity contribution in [1.82, 2.24) is 9.55 Å². The van der Waals surface area contributed by atoms with Crippen molar-refractivity contribution in [2.75, 3.05) is 0 Å². The van der Waals surface area contributed by atoms with Gasteiger partial charge < -0.3 is 4.57 Å². The molecule has 0 N–H and O–H groups in total. The lowest BCUT2D eigenvalue weighted by molar-refractivity contribution is 0.806. The quantitative estimate of drug-likeness (QED) is 0.466. The van der Waals surface area contributed by atoms with E-state index >= 15 is 0 Å². The fraction of sp³-hybridized carbons (Fsp3) is 0.143. The monoisotopic (exact) mass is 312 g/mol. The van der Waals surface area contributed by atoms with E-state index < -0.39 is 0 Å². The van der Waals surface area contributed by atoms with Crippen molar-refractivity contribution in [3.8, 4) is 11.4 Å². The molecule has 5 rings (SSSR count). The van der Waals surface area contributed by atoms with Crippen molar-refractivity contribution in [1.29, 1.82) is 0 Å². The second-order valence-corrected chi connectivity index (χ2v) is 6.30. The Morgan fingerprint density at radius 3 is 2.62 bits per heavy atom. The molecular weight excluding hydrogens is 296 g/mol. The summed E-state index contributed by atoms with van der Waals surface area (Å²) < 4.78 is 1.87. The molecule has 3 heteroatoms. The van der Waals surface area contributed by atoms with Gasteiger partial charge in [0, 0.05) is 16.3 Å². The number of fused-ring (bicyclic) bond motifs is 5. The van der Waals surface area contributed by atoms with Crippen LogP contribution in [0.15, 0.2) is 59.4 Å². The van der Waals surface area contributed by atoms with Crippen LogP contribution in [-0.4, -0.2) is 9.55 Å². The number of aryl methyl sites for hydroxylation is 1. The predicted octanol–water partition coefficient (Wildman–Crippen LogP) is 4.14. The van der Waals surface area contributed by atoms with Crippen LogP contribution in [0.3, 0.4) is 0 Å². The van der Waals surface area contributed by atoms with Gasteiger partial charge in [-0.2, -0.15) is 0 Å². The van der Waals surface area contributed by atoms with E-state index in [0.29, 0.717) is 6.54 Å². The molecule has 3 nitrogen and oxygen atoms in total. The Kier molecular flexibility index (Phi) is 2.69. The first-order chi connectivity index (χ1) is 11.8. The number of para-hydroxylation sites is 1.